The zero-order chi connectivity index (χ0) is 14.6. The van der Waals surface area contributed by atoms with Crippen LogP contribution in [0.25, 0.3) is 0 Å². The van der Waals surface area contributed by atoms with Gasteiger partial charge in [-0.1, -0.05) is 19.8 Å². The Balaban J connectivity index is 1.79. The molecule has 0 heterocycles. The van der Waals surface area contributed by atoms with Crippen molar-refractivity contribution in [1.82, 2.24) is 10.2 Å². The smallest absolute Gasteiger partial charge is 0.323 e. The number of hydrogen-bond acceptors (Lipinski definition) is 3. The van der Waals surface area contributed by atoms with Gasteiger partial charge in [0.05, 0.1) is 0 Å². The number of carbonyl (C=O) groups is 1. The standard InChI is InChI=1S/C16H30N2O2/c1-3-16(15(19)20,17-13-9-10-13)11-6-12-18(2)14-7-4-5-8-14/h13-14,17H,3-12H2,1-2H3,(H,19,20). The van der Waals surface area contributed by atoms with Crippen LogP contribution >= 0.6 is 0 Å². The summed E-state index contributed by atoms with van der Waals surface area (Å²) in [7, 11) is 2.19. The highest BCUT2D eigenvalue weighted by Gasteiger charge is 2.40. The summed E-state index contributed by atoms with van der Waals surface area (Å²) in [5, 5.41) is 13.0. The maximum atomic E-state index is 11.7. The normalized spacial score (nSPS) is 23.1. The van der Waals surface area contributed by atoms with Crippen LogP contribution in [0.3, 0.4) is 0 Å². The van der Waals surface area contributed by atoms with Crippen LogP contribution in [0.15, 0.2) is 0 Å². The molecular formula is C16H30N2O2. The molecule has 2 aliphatic carbocycles. The number of rotatable bonds is 9. The number of nitrogens with zero attached hydrogens (tertiary/aromatic N) is 1. The molecule has 1 unspecified atom stereocenters. The van der Waals surface area contributed by atoms with Crippen molar-refractivity contribution < 1.29 is 9.90 Å². The van der Waals surface area contributed by atoms with Crippen LogP contribution < -0.4 is 5.32 Å². The monoisotopic (exact) mass is 282 g/mol. The summed E-state index contributed by atoms with van der Waals surface area (Å²) in [6, 6.07) is 1.17. The third-order valence-electron chi connectivity index (χ3n) is 5.13. The minimum Gasteiger partial charge on any atom is -0.480 e. The zero-order valence-corrected chi connectivity index (χ0v) is 13.0. The molecule has 2 rings (SSSR count). The average Bonchev–Trinajstić information content (AvgIpc) is 3.06. The van der Waals surface area contributed by atoms with E-state index in [1.807, 2.05) is 6.92 Å². The van der Waals surface area contributed by atoms with Crippen LogP contribution in [0.5, 0.6) is 0 Å². The molecule has 2 saturated carbocycles. The first kappa shape index (κ1) is 15.8. The Kier molecular flexibility index (Phi) is 5.44. The molecule has 0 spiro atoms. The molecule has 4 nitrogen and oxygen atoms in total. The fraction of sp³-hybridized carbons (Fsp3) is 0.938. The molecule has 2 N–H and O–H groups in total. The van der Waals surface area contributed by atoms with Crippen molar-refractivity contribution in [3.63, 3.8) is 0 Å². The molecule has 1 atom stereocenters. The summed E-state index contributed by atoms with van der Waals surface area (Å²) in [5.74, 6) is -0.671. The lowest BCUT2D eigenvalue weighted by molar-refractivity contribution is -0.145. The quantitative estimate of drug-likeness (QED) is 0.682. The van der Waals surface area contributed by atoms with Crippen LogP contribution in [-0.2, 0) is 4.79 Å². The Morgan fingerprint density at radius 1 is 1.30 bits per heavy atom. The number of carboxylic acid groups (broad SMARTS) is 1. The molecule has 20 heavy (non-hydrogen) atoms. The van der Waals surface area contributed by atoms with E-state index >= 15 is 0 Å². The van der Waals surface area contributed by atoms with Crippen molar-refractivity contribution in [1.29, 1.82) is 0 Å². The largest absolute Gasteiger partial charge is 0.480 e. The van der Waals surface area contributed by atoms with Gasteiger partial charge in [0.15, 0.2) is 0 Å². The van der Waals surface area contributed by atoms with Gasteiger partial charge in [0, 0.05) is 12.1 Å². The zero-order valence-electron chi connectivity index (χ0n) is 13.0. The van der Waals surface area contributed by atoms with Crippen molar-refractivity contribution in [3.8, 4) is 0 Å². The molecule has 2 aliphatic rings. The Bertz CT molecular complexity index is 324. The van der Waals surface area contributed by atoms with Crippen molar-refractivity contribution in [2.45, 2.75) is 82.3 Å². The van der Waals surface area contributed by atoms with Gasteiger partial charge in [-0.15, -0.1) is 0 Å². The third-order valence-corrected chi connectivity index (χ3v) is 5.13. The minimum absolute atomic E-state index is 0.443. The molecule has 116 valence electrons. The van der Waals surface area contributed by atoms with E-state index in [9.17, 15) is 9.90 Å². The predicted octanol–water partition coefficient (Wildman–Crippen LogP) is 2.63. The van der Waals surface area contributed by atoms with Crippen LogP contribution in [0, 0.1) is 0 Å². The van der Waals surface area contributed by atoms with Crippen LogP contribution in [0.1, 0.15) is 64.7 Å². The van der Waals surface area contributed by atoms with E-state index in [1.165, 1.54) is 25.7 Å². The van der Waals surface area contributed by atoms with Crippen LogP contribution in [0.2, 0.25) is 0 Å². The van der Waals surface area contributed by atoms with Crippen LogP contribution in [0.4, 0.5) is 0 Å². The molecular weight excluding hydrogens is 252 g/mol. The molecule has 0 bridgehead atoms. The molecule has 0 amide bonds. The van der Waals surface area contributed by atoms with Gasteiger partial charge in [-0.3, -0.25) is 10.1 Å². The highest BCUT2D eigenvalue weighted by Crippen LogP contribution is 2.28. The SMILES string of the molecule is CCC(CCCN(C)C1CCCC1)(NC1CC1)C(=O)O. The van der Waals surface area contributed by atoms with Crippen molar-refractivity contribution in [3.05, 3.63) is 0 Å². The van der Waals surface area contributed by atoms with E-state index in [0.717, 1.165) is 38.3 Å². The predicted molar refractivity (Wildman–Crippen MR) is 80.9 cm³/mol. The van der Waals surface area contributed by atoms with Crippen molar-refractivity contribution in [2.75, 3.05) is 13.6 Å². The number of carboxylic acids is 1. The van der Waals surface area contributed by atoms with E-state index in [2.05, 4.69) is 17.3 Å². The highest BCUT2D eigenvalue weighted by atomic mass is 16.4. The van der Waals surface area contributed by atoms with Crippen LogP contribution in [-0.4, -0.2) is 47.2 Å². The fourth-order valence-corrected chi connectivity index (χ4v) is 3.45. The summed E-state index contributed by atoms with van der Waals surface area (Å²) < 4.78 is 0. The minimum atomic E-state index is -0.697. The van der Waals surface area contributed by atoms with E-state index in [4.69, 9.17) is 0 Å². The Morgan fingerprint density at radius 3 is 2.45 bits per heavy atom. The summed E-state index contributed by atoms with van der Waals surface area (Å²) in [4.78, 5) is 14.1. The molecule has 0 aromatic carbocycles. The lowest BCUT2D eigenvalue weighted by Crippen LogP contribution is -2.53. The second-order valence-corrected chi connectivity index (χ2v) is 6.68. The maximum Gasteiger partial charge on any atom is 0.323 e. The third kappa shape index (κ3) is 3.95. The van der Waals surface area contributed by atoms with E-state index in [1.54, 1.807) is 0 Å². The number of nitrogens with one attached hydrogen (secondary N) is 1. The first-order valence-electron chi connectivity index (χ1n) is 8.29. The maximum absolute atomic E-state index is 11.7. The molecule has 4 heteroatoms. The van der Waals surface area contributed by atoms with Gasteiger partial charge in [0.2, 0.25) is 0 Å². The van der Waals surface area contributed by atoms with Gasteiger partial charge in [0.1, 0.15) is 5.54 Å². The van der Waals surface area contributed by atoms with Crippen molar-refractivity contribution in [2.24, 2.45) is 0 Å². The first-order chi connectivity index (χ1) is 9.57. The Morgan fingerprint density at radius 2 is 1.95 bits per heavy atom. The van der Waals surface area contributed by atoms with Gasteiger partial charge in [-0.25, -0.2) is 0 Å². The van der Waals surface area contributed by atoms with E-state index in [-0.39, 0.29) is 0 Å². The summed E-state index contributed by atoms with van der Waals surface area (Å²) in [6.07, 6.45) is 9.99. The molecule has 0 saturated heterocycles. The second-order valence-electron chi connectivity index (χ2n) is 6.68. The second kappa shape index (κ2) is 6.90. The lowest BCUT2D eigenvalue weighted by Gasteiger charge is -2.31. The summed E-state index contributed by atoms with van der Waals surface area (Å²) in [5.41, 5.74) is -0.697. The molecule has 2 fully saturated rings. The highest BCUT2D eigenvalue weighted by molar-refractivity contribution is 5.78. The van der Waals surface area contributed by atoms with Gasteiger partial charge in [-0.2, -0.15) is 0 Å². The molecule has 0 radical (unpaired) electrons. The first-order valence-corrected chi connectivity index (χ1v) is 8.29. The average molecular weight is 282 g/mol. The van der Waals surface area contributed by atoms with Gasteiger partial charge >= 0.3 is 5.97 Å². The Labute approximate surface area is 122 Å². The van der Waals surface area contributed by atoms with Crippen molar-refractivity contribution >= 4 is 5.97 Å². The van der Waals surface area contributed by atoms with E-state index < -0.39 is 11.5 Å². The van der Waals surface area contributed by atoms with E-state index in [0.29, 0.717) is 12.5 Å². The van der Waals surface area contributed by atoms with Gasteiger partial charge in [0.25, 0.3) is 0 Å². The summed E-state index contributed by atoms with van der Waals surface area (Å²) >= 11 is 0. The van der Waals surface area contributed by atoms with Gasteiger partial charge in [-0.05, 0) is 58.5 Å². The van der Waals surface area contributed by atoms with Gasteiger partial charge < -0.3 is 10.0 Å². The molecule has 0 aromatic heterocycles. The Hall–Kier alpha value is -0.610. The number of aliphatic carboxylic acids is 1. The lowest BCUT2D eigenvalue weighted by atomic mass is 9.90. The molecule has 0 aliphatic heterocycles. The molecule has 0 aromatic rings. The topological polar surface area (TPSA) is 52.6 Å². The summed E-state index contributed by atoms with van der Waals surface area (Å²) in [6.45, 7) is 3.01. The number of hydrogen-bond donors (Lipinski definition) is 2. The fourth-order valence-electron chi connectivity index (χ4n) is 3.45.